The number of hydrogen-bond acceptors (Lipinski definition) is 2. The molecule has 0 aromatic carbocycles. The standard InChI is InChI=1S/C6H13NO.ClH/c1-3-8-6(2)4-7-5-6;/h7H,3-5H2,1-2H3;1H. The maximum atomic E-state index is 5.40. The van der Waals surface area contributed by atoms with Crippen molar-refractivity contribution in [3.8, 4) is 0 Å². The molecule has 1 aliphatic rings. The van der Waals surface area contributed by atoms with Gasteiger partial charge in [-0.2, -0.15) is 0 Å². The third-order valence-electron chi connectivity index (χ3n) is 1.49. The summed E-state index contributed by atoms with van der Waals surface area (Å²) in [5.41, 5.74) is 0.161. The van der Waals surface area contributed by atoms with Crippen molar-refractivity contribution in [1.82, 2.24) is 5.32 Å². The van der Waals surface area contributed by atoms with Crippen molar-refractivity contribution in [2.75, 3.05) is 19.7 Å². The van der Waals surface area contributed by atoms with Crippen molar-refractivity contribution in [2.45, 2.75) is 19.4 Å². The summed E-state index contributed by atoms with van der Waals surface area (Å²) in [6.45, 7) is 7.02. The second-order valence-electron chi connectivity index (χ2n) is 2.49. The molecular formula is C6H14ClNO. The second-order valence-corrected chi connectivity index (χ2v) is 2.49. The third-order valence-corrected chi connectivity index (χ3v) is 1.49. The highest BCUT2D eigenvalue weighted by Crippen LogP contribution is 2.13. The fraction of sp³-hybridized carbons (Fsp3) is 1.00. The summed E-state index contributed by atoms with van der Waals surface area (Å²) in [7, 11) is 0. The normalized spacial score (nSPS) is 22.0. The molecule has 1 heterocycles. The Hall–Kier alpha value is 0.210. The van der Waals surface area contributed by atoms with Crippen LogP contribution < -0.4 is 5.32 Å². The van der Waals surface area contributed by atoms with E-state index in [9.17, 15) is 0 Å². The van der Waals surface area contributed by atoms with Crippen molar-refractivity contribution in [2.24, 2.45) is 0 Å². The largest absolute Gasteiger partial charge is 0.373 e. The molecule has 0 saturated carbocycles. The first-order valence-corrected chi connectivity index (χ1v) is 3.11. The van der Waals surface area contributed by atoms with Crippen LogP contribution in [0.15, 0.2) is 0 Å². The first-order valence-electron chi connectivity index (χ1n) is 3.11. The first-order chi connectivity index (χ1) is 3.77. The lowest BCUT2D eigenvalue weighted by atomic mass is 10.0. The molecule has 9 heavy (non-hydrogen) atoms. The lowest BCUT2D eigenvalue weighted by Crippen LogP contribution is -2.58. The molecule has 0 spiro atoms. The first kappa shape index (κ1) is 9.21. The van der Waals surface area contributed by atoms with Gasteiger partial charge in [0.25, 0.3) is 0 Å². The summed E-state index contributed by atoms with van der Waals surface area (Å²) in [5, 5.41) is 3.16. The SMILES string of the molecule is CCOC1(C)CNC1.Cl. The van der Waals surface area contributed by atoms with Gasteiger partial charge in [0.05, 0.1) is 5.60 Å². The van der Waals surface area contributed by atoms with Gasteiger partial charge in [-0.05, 0) is 13.8 Å². The Balaban J connectivity index is 0.000000640. The monoisotopic (exact) mass is 151 g/mol. The van der Waals surface area contributed by atoms with Crippen molar-refractivity contribution >= 4 is 12.4 Å². The lowest BCUT2D eigenvalue weighted by molar-refractivity contribution is -0.0607. The predicted octanol–water partition coefficient (Wildman–Crippen LogP) is 0.807. The van der Waals surface area contributed by atoms with Gasteiger partial charge in [0.2, 0.25) is 0 Å². The van der Waals surface area contributed by atoms with Gasteiger partial charge in [0, 0.05) is 19.7 Å². The van der Waals surface area contributed by atoms with Gasteiger partial charge in [-0.15, -0.1) is 12.4 Å². The highest BCUT2D eigenvalue weighted by atomic mass is 35.5. The Labute approximate surface area is 62.4 Å². The molecule has 0 aromatic heterocycles. The van der Waals surface area contributed by atoms with Crippen LogP contribution in [0.3, 0.4) is 0 Å². The van der Waals surface area contributed by atoms with E-state index in [2.05, 4.69) is 12.2 Å². The second kappa shape index (κ2) is 3.40. The van der Waals surface area contributed by atoms with Gasteiger partial charge in [0.1, 0.15) is 0 Å². The summed E-state index contributed by atoms with van der Waals surface area (Å²) in [6, 6.07) is 0. The minimum atomic E-state index is 0. The van der Waals surface area contributed by atoms with E-state index >= 15 is 0 Å². The highest BCUT2D eigenvalue weighted by Gasteiger charge is 2.31. The fourth-order valence-electron chi connectivity index (χ4n) is 0.928. The number of ether oxygens (including phenoxy) is 1. The van der Waals surface area contributed by atoms with Crippen LogP contribution in [0.5, 0.6) is 0 Å². The van der Waals surface area contributed by atoms with Crippen LogP contribution in [0.2, 0.25) is 0 Å². The van der Waals surface area contributed by atoms with E-state index in [1.54, 1.807) is 0 Å². The Morgan fingerprint density at radius 3 is 2.22 bits per heavy atom. The Bertz CT molecular complexity index is 83.1. The predicted molar refractivity (Wildman–Crippen MR) is 40.1 cm³/mol. The molecule has 0 atom stereocenters. The fourth-order valence-corrected chi connectivity index (χ4v) is 0.928. The topological polar surface area (TPSA) is 21.3 Å². The van der Waals surface area contributed by atoms with Gasteiger partial charge in [-0.3, -0.25) is 0 Å². The molecule has 1 N–H and O–H groups in total. The summed E-state index contributed by atoms with van der Waals surface area (Å²) >= 11 is 0. The van der Waals surface area contributed by atoms with Crippen LogP contribution >= 0.6 is 12.4 Å². The molecule has 0 amide bonds. The van der Waals surface area contributed by atoms with E-state index in [1.807, 2.05) is 6.92 Å². The molecule has 1 fully saturated rings. The summed E-state index contributed by atoms with van der Waals surface area (Å²) in [4.78, 5) is 0. The van der Waals surface area contributed by atoms with Crippen LogP contribution in [0.25, 0.3) is 0 Å². The molecular weight excluding hydrogens is 138 g/mol. The Morgan fingerprint density at radius 1 is 1.56 bits per heavy atom. The molecule has 0 aliphatic carbocycles. The van der Waals surface area contributed by atoms with Gasteiger partial charge < -0.3 is 10.1 Å². The molecule has 1 aliphatic heterocycles. The average Bonchev–Trinajstić information content (AvgIpc) is 1.64. The lowest BCUT2D eigenvalue weighted by Gasteiger charge is -2.38. The van der Waals surface area contributed by atoms with Gasteiger partial charge in [-0.1, -0.05) is 0 Å². The summed E-state index contributed by atoms with van der Waals surface area (Å²) < 4.78 is 5.40. The molecule has 2 nitrogen and oxygen atoms in total. The van der Waals surface area contributed by atoms with Crippen molar-refractivity contribution in [3.05, 3.63) is 0 Å². The number of hydrogen-bond donors (Lipinski definition) is 1. The average molecular weight is 152 g/mol. The summed E-state index contributed by atoms with van der Waals surface area (Å²) in [6.07, 6.45) is 0. The number of halogens is 1. The van der Waals surface area contributed by atoms with E-state index in [0.717, 1.165) is 19.7 Å². The maximum absolute atomic E-state index is 5.40. The van der Waals surface area contributed by atoms with Crippen LogP contribution in [0.4, 0.5) is 0 Å². The molecule has 0 bridgehead atoms. The Morgan fingerprint density at radius 2 is 2.11 bits per heavy atom. The highest BCUT2D eigenvalue weighted by molar-refractivity contribution is 5.85. The molecule has 0 radical (unpaired) electrons. The molecule has 56 valence electrons. The molecule has 0 unspecified atom stereocenters. The van der Waals surface area contributed by atoms with E-state index in [1.165, 1.54) is 0 Å². The summed E-state index contributed by atoms with van der Waals surface area (Å²) in [5.74, 6) is 0. The van der Waals surface area contributed by atoms with Crippen LogP contribution in [-0.4, -0.2) is 25.3 Å². The van der Waals surface area contributed by atoms with E-state index < -0.39 is 0 Å². The van der Waals surface area contributed by atoms with Crippen molar-refractivity contribution in [1.29, 1.82) is 0 Å². The van der Waals surface area contributed by atoms with Crippen LogP contribution in [-0.2, 0) is 4.74 Å². The van der Waals surface area contributed by atoms with Crippen LogP contribution in [0, 0.1) is 0 Å². The Kier molecular flexibility index (Phi) is 3.48. The maximum Gasteiger partial charge on any atom is 0.0901 e. The van der Waals surface area contributed by atoms with Gasteiger partial charge in [0.15, 0.2) is 0 Å². The van der Waals surface area contributed by atoms with Crippen LogP contribution in [0.1, 0.15) is 13.8 Å². The zero-order chi connectivity index (χ0) is 6.04. The van der Waals surface area contributed by atoms with E-state index in [4.69, 9.17) is 4.74 Å². The van der Waals surface area contributed by atoms with E-state index in [0.29, 0.717) is 0 Å². The quantitative estimate of drug-likeness (QED) is 0.631. The number of nitrogens with one attached hydrogen (secondary N) is 1. The smallest absolute Gasteiger partial charge is 0.0901 e. The molecule has 3 heteroatoms. The molecule has 1 saturated heterocycles. The zero-order valence-electron chi connectivity index (χ0n) is 5.94. The van der Waals surface area contributed by atoms with Gasteiger partial charge >= 0.3 is 0 Å². The van der Waals surface area contributed by atoms with Crippen molar-refractivity contribution < 1.29 is 4.74 Å². The third kappa shape index (κ3) is 2.12. The minimum absolute atomic E-state index is 0. The number of rotatable bonds is 2. The van der Waals surface area contributed by atoms with Gasteiger partial charge in [-0.25, -0.2) is 0 Å². The molecule has 1 rings (SSSR count). The zero-order valence-corrected chi connectivity index (χ0v) is 6.75. The molecule has 0 aromatic rings. The minimum Gasteiger partial charge on any atom is -0.373 e. The van der Waals surface area contributed by atoms with Crippen molar-refractivity contribution in [3.63, 3.8) is 0 Å². The van der Waals surface area contributed by atoms with E-state index in [-0.39, 0.29) is 18.0 Å².